The Morgan fingerprint density at radius 1 is 1.73 bits per heavy atom. The van der Waals surface area contributed by atoms with E-state index in [0.717, 1.165) is 32.5 Å². The first-order valence-electron chi connectivity index (χ1n) is 5.21. The van der Waals surface area contributed by atoms with Gasteiger partial charge in [-0.3, -0.25) is 4.79 Å². The van der Waals surface area contributed by atoms with Gasteiger partial charge in [-0.2, -0.15) is 0 Å². The predicted molar refractivity (Wildman–Crippen MR) is 58.3 cm³/mol. The summed E-state index contributed by atoms with van der Waals surface area (Å²) in [5.41, 5.74) is 0. The van der Waals surface area contributed by atoms with Crippen molar-refractivity contribution in [3.63, 3.8) is 0 Å². The number of piperidine rings is 1. The SMILES string of the molecule is COCC1CCCN(CC(Cl)C(=O)O)C1. The van der Waals surface area contributed by atoms with Gasteiger partial charge < -0.3 is 14.7 Å². The molecule has 1 rings (SSSR count). The van der Waals surface area contributed by atoms with E-state index in [1.165, 1.54) is 0 Å². The first kappa shape index (κ1) is 12.7. The number of nitrogens with zero attached hydrogens (tertiary/aromatic N) is 1. The highest BCUT2D eigenvalue weighted by Crippen LogP contribution is 2.17. The minimum Gasteiger partial charge on any atom is -0.480 e. The Balaban J connectivity index is 2.32. The van der Waals surface area contributed by atoms with E-state index in [9.17, 15) is 4.79 Å². The molecule has 1 saturated heterocycles. The van der Waals surface area contributed by atoms with Crippen LogP contribution >= 0.6 is 11.6 Å². The standard InChI is InChI=1S/C10H18ClNO3/c1-15-7-8-3-2-4-12(5-8)6-9(11)10(13)14/h8-9H,2-7H2,1H3,(H,13,14). The predicted octanol–water partition coefficient (Wildman–Crippen LogP) is 1.04. The fraction of sp³-hybridized carbons (Fsp3) is 0.900. The molecule has 4 nitrogen and oxygen atoms in total. The average molecular weight is 236 g/mol. The van der Waals surface area contributed by atoms with Crippen LogP contribution in [0.4, 0.5) is 0 Å². The van der Waals surface area contributed by atoms with E-state index in [0.29, 0.717) is 12.5 Å². The van der Waals surface area contributed by atoms with Gasteiger partial charge in [-0.25, -0.2) is 0 Å². The second kappa shape index (κ2) is 6.30. The number of alkyl halides is 1. The highest BCUT2D eigenvalue weighted by atomic mass is 35.5. The second-order valence-corrected chi connectivity index (χ2v) is 4.56. The maximum Gasteiger partial charge on any atom is 0.322 e. The minimum absolute atomic E-state index is 0.428. The molecule has 1 N–H and O–H groups in total. The monoisotopic (exact) mass is 235 g/mol. The molecule has 2 unspecified atom stereocenters. The summed E-state index contributed by atoms with van der Waals surface area (Å²) in [6.45, 7) is 3.01. The van der Waals surface area contributed by atoms with Crippen molar-refractivity contribution in [3.8, 4) is 0 Å². The quantitative estimate of drug-likeness (QED) is 0.724. The highest BCUT2D eigenvalue weighted by molar-refractivity contribution is 6.29. The number of hydrogen-bond donors (Lipinski definition) is 1. The van der Waals surface area contributed by atoms with E-state index in [4.69, 9.17) is 21.4 Å². The number of halogens is 1. The first-order valence-corrected chi connectivity index (χ1v) is 5.65. The molecule has 0 aliphatic carbocycles. The van der Waals surface area contributed by atoms with Crippen molar-refractivity contribution in [1.82, 2.24) is 4.90 Å². The normalized spacial score (nSPS) is 25.1. The third-order valence-corrected chi connectivity index (χ3v) is 3.02. The summed E-state index contributed by atoms with van der Waals surface area (Å²) < 4.78 is 5.11. The van der Waals surface area contributed by atoms with Crippen LogP contribution in [0.5, 0.6) is 0 Å². The lowest BCUT2D eigenvalue weighted by Gasteiger charge is -2.32. The summed E-state index contributed by atoms with van der Waals surface area (Å²) in [6.07, 6.45) is 2.25. The number of carboxylic acid groups (broad SMARTS) is 1. The number of rotatable bonds is 5. The molecule has 0 aromatic rings. The highest BCUT2D eigenvalue weighted by Gasteiger charge is 2.24. The number of ether oxygens (including phenoxy) is 1. The molecular weight excluding hydrogens is 218 g/mol. The summed E-state index contributed by atoms with van der Waals surface area (Å²) in [5.74, 6) is -0.424. The largest absolute Gasteiger partial charge is 0.480 e. The molecule has 1 fully saturated rings. The second-order valence-electron chi connectivity index (χ2n) is 4.03. The van der Waals surface area contributed by atoms with Gasteiger partial charge in [0.2, 0.25) is 0 Å². The van der Waals surface area contributed by atoms with Crippen LogP contribution in [-0.2, 0) is 9.53 Å². The van der Waals surface area contributed by atoms with E-state index in [2.05, 4.69) is 4.90 Å². The van der Waals surface area contributed by atoms with Crippen LogP contribution < -0.4 is 0 Å². The van der Waals surface area contributed by atoms with Gasteiger partial charge >= 0.3 is 5.97 Å². The van der Waals surface area contributed by atoms with Crippen LogP contribution in [0.15, 0.2) is 0 Å². The van der Waals surface area contributed by atoms with E-state index >= 15 is 0 Å². The molecule has 0 aromatic carbocycles. The van der Waals surface area contributed by atoms with E-state index in [1.807, 2.05) is 0 Å². The molecular formula is C10H18ClNO3. The van der Waals surface area contributed by atoms with Gasteiger partial charge in [-0.05, 0) is 25.3 Å². The molecule has 1 aliphatic rings. The van der Waals surface area contributed by atoms with Crippen LogP contribution in [0.25, 0.3) is 0 Å². The third-order valence-electron chi connectivity index (χ3n) is 2.69. The number of likely N-dealkylation sites (tertiary alicyclic amines) is 1. The Morgan fingerprint density at radius 2 is 2.47 bits per heavy atom. The van der Waals surface area contributed by atoms with Gasteiger partial charge in [0.05, 0.1) is 6.61 Å². The lowest BCUT2D eigenvalue weighted by Crippen LogP contribution is -2.41. The zero-order chi connectivity index (χ0) is 11.3. The number of carboxylic acids is 1. The molecule has 0 saturated carbocycles. The summed E-state index contributed by atoms with van der Waals surface area (Å²) >= 11 is 5.70. The maximum absolute atomic E-state index is 10.6. The lowest BCUT2D eigenvalue weighted by molar-refractivity contribution is -0.137. The van der Waals surface area contributed by atoms with Crippen LogP contribution in [0, 0.1) is 5.92 Å². The Morgan fingerprint density at radius 3 is 3.07 bits per heavy atom. The maximum atomic E-state index is 10.6. The van der Waals surface area contributed by atoms with Crippen molar-refractivity contribution in [2.24, 2.45) is 5.92 Å². The minimum atomic E-state index is -0.939. The van der Waals surface area contributed by atoms with Gasteiger partial charge in [0.1, 0.15) is 5.38 Å². The summed E-state index contributed by atoms with van der Waals surface area (Å²) in [6, 6.07) is 0. The molecule has 2 atom stereocenters. The van der Waals surface area contributed by atoms with Crippen molar-refractivity contribution in [3.05, 3.63) is 0 Å². The molecule has 1 aliphatic heterocycles. The average Bonchev–Trinajstić information content (AvgIpc) is 2.18. The molecule has 0 spiro atoms. The molecule has 5 heteroatoms. The van der Waals surface area contributed by atoms with E-state index < -0.39 is 11.3 Å². The molecule has 0 aromatic heterocycles. The van der Waals surface area contributed by atoms with Gasteiger partial charge in [-0.1, -0.05) is 0 Å². The number of carbonyl (C=O) groups is 1. The lowest BCUT2D eigenvalue weighted by atomic mass is 9.99. The number of aliphatic carboxylic acids is 1. The molecule has 88 valence electrons. The van der Waals surface area contributed by atoms with Crippen LogP contribution in [0.3, 0.4) is 0 Å². The van der Waals surface area contributed by atoms with Crippen molar-refractivity contribution in [1.29, 1.82) is 0 Å². The van der Waals surface area contributed by atoms with Crippen LogP contribution in [0.1, 0.15) is 12.8 Å². The fourth-order valence-corrected chi connectivity index (χ4v) is 2.19. The number of hydrogen-bond acceptors (Lipinski definition) is 3. The Labute approximate surface area is 95.2 Å². The Kier molecular flexibility index (Phi) is 5.36. The number of methoxy groups -OCH3 is 1. The van der Waals surface area contributed by atoms with Gasteiger partial charge in [0.15, 0.2) is 0 Å². The summed E-state index contributed by atoms with van der Waals surface area (Å²) in [7, 11) is 1.69. The third kappa shape index (κ3) is 4.36. The molecule has 1 heterocycles. The van der Waals surface area contributed by atoms with E-state index in [1.54, 1.807) is 7.11 Å². The van der Waals surface area contributed by atoms with Crippen molar-refractivity contribution in [2.45, 2.75) is 18.2 Å². The van der Waals surface area contributed by atoms with Gasteiger partial charge in [0.25, 0.3) is 0 Å². The van der Waals surface area contributed by atoms with Crippen molar-refractivity contribution in [2.75, 3.05) is 33.4 Å². The molecule has 15 heavy (non-hydrogen) atoms. The van der Waals surface area contributed by atoms with Crippen LogP contribution in [-0.4, -0.2) is 54.7 Å². The zero-order valence-corrected chi connectivity index (χ0v) is 9.74. The first-order chi connectivity index (χ1) is 7.13. The molecule has 0 bridgehead atoms. The molecule has 0 amide bonds. The molecule has 0 radical (unpaired) electrons. The van der Waals surface area contributed by atoms with Crippen molar-refractivity contribution < 1.29 is 14.6 Å². The zero-order valence-electron chi connectivity index (χ0n) is 8.99. The summed E-state index contributed by atoms with van der Waals surface area (Å²) in [4.78, 5) is 12.7. The topological polar surface area (TPSA) is 49.8 Å². The fourth-order valence-electron chi connectivity index (χ4n) is 1.99. The van der Waals surface area contributed by atoms with Crippen LogP contribution in [0.2, 0.25) is 0 Å². The van der Waals surface area contributed by atoms with Gasteiger partial charge in [0, 0.05) is 20.2 Å². The smallest absolute Gasteiger partial charge is 0.322 e. The van der Waals surface area contributed by atoms with Crippen molar-refractivity contribution >= 4 is 17.6 Å². The Hall–Kier alpha value is -0.320. The van der Waals surface area contributed by atoms with E-state index in [-0.39, 0.29) is 0 Å². The Bertz CT molecular complexity index is 211. The summed E-state index contributed by atoms with van der Waals surface area (Å²) in [5, 5.41) is 7.90. The van der Waals surface area contributed by atoms with Gasteiger partial charge in [-0.15, -0.1) is 11.6 Å².